The van der Waals surface area contributed by atoms with E-state index in [1.807, 2.05) is 49.4 Å². The number of ether oxygens (including phenoxy) is 3. The summed E-state index contributed by atoms with van der Waals surface area (Å²) in [5, 5.41) is 2.94. The third-order valence-corrected chi connectivity index (χ3v) is 4.18. The summed E-state index contributed by atoms with van der Waals surface area (Å²) in [5.74, 6) is 2.29. The smallest absolute Gasteiger partial charge is 0.258 e. The van der Waals surface area contributed by atoms with Gasteiger partial charge in [-0.25, -0.2) is 0 Å². The zero-order chi connectivity index (χ0) is 19.1. The van der Waals surface area contributed by atoms with Crippen LogP contribution in [0.5, 0.6) is 17.2 Å². The molecule has 140 valence electrons. The van der Waals surface area contributed by atoms with Gasteiger partial charge in [0.05, 0.1) is 20.3 Å². The van der Waals surface area contributed by atoms with Crippen molar-refractivity contribution in [3.05, 3.63) is 53.6 Å². The topological polar surface area (TPSA) is 56.8 Å². The van der Waals surface area contributed by atoms with E-state index in [0.29, 0.717) is 17.4 Å². The molecule has 2 aromatic rings. The van der Waals surface area contributed by atoms with Gasteiger partial charge in [0.15, 0.2) is 6.61 Å². The molecule has 0 heterocycles. The minimum atomic E-state index is -0.239. The first-order valence-electron chi connectivity index (χ1n) is 8.69. The van der Waals surface area contributed by atoms with Gasteiger partial charge in [-0.2, -0.15) is 0 Å². The van der Waals surface area contributed by atoms with Crippen molar-refractivity contribution < 1.29 is 19.0 Å². The quantitative estimate of drug-likeness (QED) is 0.773. The number of carbonyl (C=O) groups is 1. The van der Waals surface area contributed by atoms with Crippen LogP contribution in [0, 0.1) is 0 Å². The van der Waals surface area contributed by atoms with Gasteiger partial charge in [0, 0.05) is 5.56 Å². The predicted octanol–water partition coefficient (Wildman–Crippen LogP) is 4.08. The van der Waals surface area contributed by atoms with Crippen molar-refractivity contribution in [1.82, 2.24) is 5.32 Å². The van der Waals surface area contributed by atoms with Crippen LogP contribution in [0.2, 0.25) is 0 Å². The lowest BCUT2D eigenvalue weighted by atomic mass is 10.0. The van der Waals surface area contributed by atoms with E-state index >= 15 is 0 Å². The molecule has 1 N–H and O–H groups in total. The summed E-state index contributed by atoms with van der Waals surface area (Å²) in [6.45, 7) is 6.05. The molecule has 0 saturated carbocycles. The molecule has 1 amide bonds. The molecule has 26 heavy (non-hydrogen) atoms. The molecule has 5 nitrogen and oxygen atoms in total. The van der Waals surface area contributed by atoms with E-state index in [9.17, 15) is 4.79 Å². The number of hydrogen-bond donors (Lipinski definition) is 1. The molecule has 0 aliphatic heterocycles. The van der Waals surface area contributed by atoms with Gasteiger partial charge in [0.25, 0.3) is 5.91 Å². The van der Waals surface area contributed by atoms with E-state index in [1.165, 1.54) is 0 Å². The SMILES string of the molecule is COc1ccc(OC)c(C(C)NC(=O)COc2ccccc2C(C)C)c1. The van der Waals surface area contributed by atoms with E-state index in [1.54, 1.807) is 14.2 Å². The van der Waals surface area contributed by atoms with E-state index < -0.39 is 0 Å². The van der Waals surface area contributed by atoms with Crippen molar-refractivity contribution in [3.63, 3.8) is 0 Å². The van der Waals surface area contributed by atoms with Crippen LogP contribution < -0.4 is 19.5 Å². The third kappa shape index (κ3) is 4.91. The van der Waals surface area contributed by atoms with Crippen LogP contribution >= 0.6 is 0 Å². The summed E-state index contributed by atoms with van der Waals surface area (Å²) in [7, 11) is 3.21. The van der Waals surface area contributed by atoms with Crippen molar-refractivity contribution in [1.29, 1.82) is 0 Å². The average molecular weight is 357 g/mol. The first-order valence-corrected chi connectivity index (χ1v) is 8.69. The predicted molar refractivity (Wildman–Crippen MR) is 102 cm³/mol. The second-order valence-electron chi connectivity index (χ2n) is 6.38. The van der Waals surface area contributed by atoms with E-state index in [2.05, 4.69) is 19.2 Å². The molecule has 0 saturated heterocycles. The summed E-state index contributed by atoms with van der Waals surface area (Å²) in [5.41, 5.74) is 1.94. The fraction of sp³-hybridized carbons (Fsp3) is 0.381. The lowest BCUT2D eigenvalue weighted by Crippen LogP contribution is -2.31. The second kappa shape index (κ2) is 9.13. The van der Waals surface area contributed by atoms with Gasteiger partial charge in [-0.3, -0.25) is 4.79 Å². The Morgan fingerprint density at radius 1 is 0.962 bits per heavy atom. The minimum Gasteiger partial charge on any atom is -0.497 e. The fourth-order valence-electron chi connectivity index (χ4n) is 2.77. The number of benzene rings is 2. The maximum absolute atomic E-state index is 12.3. The van der Waals surface area contributed by atoms with Gasteiger partial charge in [0.2, 0.25) is 0 Å². The molecule has 2 aromatic carbocycles. The molecule has 0 radical (unpaired) electrons. The van der Waals surface area contributed by atoms with Crippen molar-refractivity contribution in [2.24, 2.45) is 0 Å². The van der Waals surface area contributed by atoms with Crippen molar-refractivity contribution in [2.45, 2.75) is 32.7 Å². The molecular formula is C21H27NO4. The van der Waals surface area contributed by atoms with Crippen LogP contribution in [-0.2, 0) is 4.79 Å². The van der Waals surface area contributed by atoms with Gasteiger partial charge in [-0.05, 0) is 42.7 Å². The van der Waals surface area contributed by atoms with Crippen molar-refractivity contribution >= 4 is 5.91 Å². The van der Waals surface area contributed by atoms with Crippen LogP contribution in [-0.4, -0.2) is 26.7 Å². The molecule has 5 heteroatoms. The Morgan fingerprint density at radius 2 is 1.69 bits per heavy atom. The molecule has 0 aliphatic rings. The molecule has 0 spiro atoms. The summed E-state index contributed by atoms with van der Waals surface area (Å²) in [4.78, 5) is 12.3. The Balaban J connectivity index is 2.02. The minimum absolute atomic E-state index is 0.0413. The molecular weight excluding hydrogens is 330 g/mol. The lowest BCUT2D eigenvalue weighted by molar-refractivity contribution is -0.123. The van der Waals surface area contributed by atoms with Gasteiger partial charge >= 0.3 is 0 Å². The number of carbonyl (C=O) groups excluding carboxylic acids is 1. The van der Waals surface area contributed by atoms with E-state index in [-0.39, 0.29) is 18.6 Å². The van der Waals surface area contributed by atoms with Crippen LogP contribution in [0.3, 0.4) is 0 Å². The monoisotopic (exact) mass is 357 g/mol. The zero-order valence-electron chi connectivity index (χ0n) is 16.0. The number of para-hydroxylation sites is 1. The highest BCUT2D eigenvalue weighted by Crippen LogP contribution is 2.29. The van der Waals surface area contributed by atoms with Crippen LogP contribution in [0.4, 0.5) is 0 Å². The number of amides is 1. The molecule has 1 unspecified atom stereocenters. The van der Waals surface area contributed by atoms with Gasteiger partial charge < -0.3 is 19.5 Å². The molecule has 0 aliphatic carbocycles. The summed E-state index contributed by atoms with van der Waals surface area (Å²) in [6, 6.07) is 13.0. The Bertz CT molecular complexity index is 743. The Kier molecular flexibility index (Phi) is 6.89. The third-order valence-electron chi connectivity index (χ3n) is 4.18. The first-order chi connectivity index (χ1) is 12.5. The summed E-state index contributed by atoms with van der Waals surface area (Å²) >= 11 is 0. The maximum atomic E-state index is 12.3. The van der Waals surface area contributed by atoms with Gasteiger partial charge in [-0.15, -0.1) is 0 Å². The van der Waals surface area contributed by atoms with Gasteiger partial charge in [-0.1, -0.05) is 32.0 Å². The standard InChI is InChI=1S/C21H27NO4/c1-14(2)17-8-6-7-9-20(17)26-13-21(23)22-15(3)18-12-16(24-4)10-11-19(18)25-5/h6-12,14-15H,13H2,1-5H3,(H,22,23). The highest BCUT2D eigenvalue weighted by Gasteiger charge is 2.16. The highest BCUT2D eigenvalue weighted by molar-refractivity contribution is 5.78. The maximum Gasteiger partial charge on any atom is 0.258 e. The van der Waals surface area contributed by atoms with Crippen molar-refractivity contribution in [2.75, 3.05) is 20.8 Å². The zero-order valence-corrected chi connectivity index (χ0v) is 16.0. The normalized spacial score (nSPS) is 11.8. The Morgan fingerprint density at radius 3 is 2.35 bits per heavy atom. The number of rotatable bonds is 8. The molecule has 2 rings (SSSR count). The number of methoxy groups -OCH3 is 2. The number of nitrogens with one attached hydrogen (secondary N) is 1. The van der Waals surface area contributed by atoms with E-state index in [4.69, 9.17) is 14.2 Å². The van der Waals surface area contributed by atoms with Crippen LogP contribution in [0.25, 0.3) is 0 Å². The lowest BCUT2D eigenvalue weighted by Gasteiger charge is -2.19. The van der Waals surface area contributed by atoms with Crippen LogP contribution in [0.1, 0.15) is 43.9 Å². The number of hydrogen-bond acceptors (Lipinski definition) is 4. The summed E-state index contributed by atoms with van der Waals surface area (Å²) in [6.07, 6.45) is 0. The second-order valence-corrected chi connectivity index (χ2v) is 6.38. The summed E-state index contributed by atoms with van der Waals surface area (Å²) < 4.78 is 16.4. The average Bonchev–Trinajstić information content (AvgIpc) is 2.65. The van der Waals surface area contributed by atoms with Gasteiger partial charge in [0.1, 0.15) is 17.2 Å². The largest absolute Gasteiger partial charge is 0.497 e. The molecule has 0 fully saturated rings. The van der Waals surface area contributed by atoms with Crippen LogP contribution in [0.15, 0.2) is 42.5 Å². The first kappa shape index (κ1) is 19.6. The molecule has 0 bridgehead atoms. The Hall–Kier alpha value is -2.69. The van der Waals surface area contributed by atoms with Crippen molar-refractivity contribution in [3.8, 4) is 17.2 Å². The highest BCUT2D eigenvalue weighted by atomic mass is 16.5. The van der Waals surface area contributed by atoms with E-state index in [0.717, 1.165) is 16.9 Å². The fourth-order valence-corrected chi connectivity index (χ4v) is 2.77. The molecule has 0 aromatic heterocycles. The molecule has 1 atom stereocenters. The Labute approximate surface area is 155 Å².